The molecule has 1 fully saturated rings. The number of carbonyl (C=O) groups excluding carboxylic acids is 2. The summed E-state index contributed by atoms with van der Waals surface area (Å²) in [6.45, 7) is 5.05. The molecule has 2 N–H and O–H groups in total. The number of rotatable bonds is 7. The first-order valence-corrected chi connectivity index (χ1v) is 12.0. The van der Waals surface area contributed by atoms with Gasteiger partial charge in [0.2, 0.25) is 15.9 Å². The molecule has 2 aromatic carbocycles. The summed E-state index contributed by atoms with van der Waals surface area (Å²) in [4.78, 5) is 25.7. The second-order valence-corrected chi connectivity index (χ2v) is 10.1. The van der Waals surface area contributed by atoms with Crippen molar-refractivity contribution < 1.29 is 18.0 Å². The van der Waals surface area contributed by atoms with E-state index in [1.54, 1.807) is 54.6 Å². The molecule has 2 aromatic rings. The number of carbonyl (C=O) groups is 2. The molecule has 8 heteroatoms. The number of para-hydroxylation sites is 1. The molecule has 0 spiro atoms. The Balaban J connectivity index is 1.71. The van der Waals surface area contributed by atoms with Crippen molar-refractivity contribution >= 4 is 27.5 Å². The summed E-state index contributed by atoms with van der Waals surface area (Å²) in [5.41, 5.74) is 0.817. The van der Waals surface area contributed by atoms with Gasteiger partial charge in [-0.3, -0.25) is 9.59 Å². The summed E-state index contributed by atoms with van der Waals surface area (Å²) in [6.07, 6.45) is 1.19. The molecule has 0 unspecified atom stereocenters. The van der Waals surface area contributed by atoms with Crippen LogP contribution in [0.2, 0.25) is 0 Å². The van der Waals surface area contributed by atoms with Gasteiger partial charge in [0.25, 0.3) is 5.91 Å². The van der Waals surface area contributed by atoms with E-state index in [1.165, 1.54) is 4.31 Å². The molecule has 31 heavy (non-hydrogen) atoms. The zero-order valence-corrected chi connectivity index (χ0v) is 18.7. The number of nitrogens with zero attached hydrogens (tertiary/aromatic N) is 1. The van der Waals surface area contributed by atoms with Crippen molar-refractivity contribution in [1.29, 1.82) is 0 Å². The highest BCUT2D eigenvalue weighted by atomic mass is 32.2. The van der Waals surface area contributed by atoms with Crippen molar-refractivity contribution in [3.63, 3.8) is 0 Å². The lowest BCUT2D eigenvalue weighted by molar-refractivity contribution is -0.120. The molecule has 1 saturated heterocycles. The SMILES string of the molecule is CC(C)CNC(=O)c1ccccc1NC(=O)[C@H]1CCCN(S(=O)(=O)c2ccccc2)C1. The van der Waals surface area contributed by atoms with Gasteiger partial charge in [0.1, 0.15) is 0 Å². The Bertz CT molecular complexity index is 1020. The highest BCUT2D eigenvalue weighted by Gasteiger charge is 2.33. The van der Waals surface area contributed by atoms with Crippen LogP contribution in [0, 0.1) is 11.8 Å². The predicted molar refractivity (Wildman–Crippen MR) is 120 cm³/mol. The topological polar surface area (TPSA) is 95.6 Å². The lowest BCUT2D eigenvalue weighted by Gasteiger charge is -2.31. The van der Waals surface area contributed by atoms with E-state index in [1.807, 2.05) is 13.8 Å². The maximum Gasteiger partial charge on any atom is 0.253 e. The Hall–Kier alpha value is -2.71. The van der Waals surface area contributed by atoms with Gasteiger partial charge in [-0.2, -0.15) is 4.31 Å². The van der Waals surface area contributed by atoms with E-state index < -0.39 is 15.9 Å². The van der Waals surface area contributed by atoms with Crippen LogP contribution in [0.15, 0.2) is 59.5 Å². The summed E-state index contributed by atoms with van der Waals surface area (Å²) in [6, 6.07) is 15.1. The summed E-state index contributed by atoms with van der Waals surface area (Å²) >= 11 is 0. The molecule has 0 bridgehead atoms. The number of hydrogen-bond donors (Lipinski definition) is 2. The average Bonchev–Trinajstić information content (AvgIpc) is 2.78. The first-order valence-electron chi connectivity index (χ1n) is 10.5. The number of hydrogen-bond acceptors (Lipinski definition) is 4. The molecule has 0 saturated carbocycles. The maximum atomic E-state index is 13.0. The van der Waals surface area contributed by atoms with Gasteiger partial charge < -0.3 is 10.6 Å². The highest BCUT2D eigenvalue weighted by molar-refractivity contribution is 7.89. The van der Waals surface area contributed by atoms with Crippen LogP contribution in [0.4, 0.5) is 5.69 Å². The zero-order chi connectivity index (χ0) is 22.4. The fourth-order valence-corrected chi connectivity index (χ4v) is 5.08. The molecular weight excluding hydrogens is 414 g/mol. The molecule has 1 heterocycles. The quantitative estimate of drug-likeness (QED) is 0.687. The number of amides is 2. The third-order valence-electron chi connectivity index (χ3n) is 5.24. The van der Waals surface area contributed by atoms with Crippen molar-refractivity contribution in [2.75, 3.05) is 25.0 Å². The summed E-state index contributed by atoms with van der Waals surface area (Å²) in [7, 11) is -3.65. The van der Waals surface area contributed by atoms with E-state index in [9.17, 15) is 18.0 Å². The molecule has 1 aliphatic heterocycles. The molecule has 3 rings (SSSR count). The minimum Gasteiger partial charge on any atom is -0.352 e. The Morgan fingerprint density at radius 2 is 1.74 bits per heavy atom. The predicted octanol–water partition coefficient (Wildman–Crippen LogP) is 3.11. The van der Waals surface area contributed by atoms with Crippen LogP contribution < -0.4 is 10.6 Å². The average molecular weight is 444 g/mol. The van der Waals surface area contributed by atoms with Gasteiger partial charge in [0.15, 0.2) is 0 Å². The van der Waals surface area contributed by atoms with E-state index >= 15 is 0 Å². The van der Waals surface area contributed by atoms with Gasteiger partial charge in [0.05, 0.1) is 22.1 Å². The van der Waals surface area contributed by atoms with Crippen LogP contribution in [-0.2, 0) is 14.8 Å². The summed E-state index contributed by atoms with van der Waals surface area (Å²) in [5.74, 6) is -0.705. The van der Waals surface area contributed by atoms with E-state index in [2.05, 4.69) is 10.6 Å². The third kappa shape index (κ3) is 5.71. The molecule has 0 aliphatic carbocycles. The number of nitrogens with one attached hydrogen (secondary N) is 2. The fourth-order valence-electron chi connectivity index (χ4n) is 3.53. The van der Waals surface area contributed by atoms with E-state index in [4.69, 9.17) is 0 Å². The van der Waals surface area contributed by atoms with Gasteiger partial charge >= 0.3 is 0 Å². The van der Waals surface area contributed by atoms with Gasteiger partial charge in [-0.05, 0) is 43.0 Å². The normalized spacial score (nSPS) is 17.3. The minimum atomic E-state index is -3.65. The van der Waals surface area contributed by atoms with Crippen LogP contribution in [0.1, 0.15) is 37.0 Å². The Labute approximate surface area is 183 Å². The largest absolute Gasteiger partial charge is 0.352 e. The lowest BCUT2D eigenvalue weighted by Crippen LogP contribution is -2.43. The standard InChI is InChI=1S/C23H29N3O4S/c1-17(2)15-24-23(28)20-12-6-7-13-21(20)25-22(27)18-9-8-14-26(16-18)31(29,30)19-10-4-3-5-11-19/h3-7,10-13,17-18H,8-9,14-16H2,1-2H3,(H,24,28)(H,25,27)/t18-/m0/s1. The smallest absolute Gasteiger partial charge is 0.253 e. The zero-order valence-electron chi connectivity index (χ0n) is 17.9. The number of sulfonamides is 1. The van der Waals surface area contributed by atoms with E-state index in [0.29, 0.717) is 43.1 Å². The van der Waals surface area contributed by atoms with Crippen LogP contribution in [-0.4, -0.2) is 44.2 Å². The highest BCUT2D eigenvalue weighted by Crippen LogP contribution is 2.25. The second-order valence-electron chi connectivity index (χ2n) is 8.15. The van der Waals surface area contributed by atoms with Crippen LogP contribution in [0.25, 0.3) is 0 Å². The molecule has 7 nitrogen and oxygen atoms in total. The fraction of sp³-hybridized carbons (Fsp3) is 0.391. The molecule has 1 atom stereocenters. The van der Waals surface area contributed by atoms with E-state index in [-0.39, 0.29) is 23.3 Å². The molecular formula is C23H29N3O4S. The molecule has 166 valence electrons. The summed E-state index contributed by atoms with van der Waals surface area (Å²) in [5, 5.41) is 5.70. The van der Waals surface area contributed by atoms with Crippen molar-refractivity contribution in [2.24, 2.45) is 11.8 Å². The van der Waals surface area contributed by atoms with Crippen LogP contribution in [0.3, 0.4) is 0 Å². The van der Waals surface area contributed by atoms with Gasteiger partial charge in [-0.15, -0.1) is 0 Å². The summed E-state index contributed by atoms with van der Waals surface area (Å²) < 4.78 is 27.2. The monoisotopic (exact) mass is 443 g/mol. The number of piperidine rings is 1. The molecule has 1 aliphatic rings. The minimum absolute atomic E-state index is 0.116. The number of anilines is 1. The van der Waals surface area contributed by atoms with Crippen molar-refractivity contribution in [2.45, 2.75) is 31.6 Å². The first kappa shape index (κ1) is 23.0. The van der Waals surface area contributed by atoms with Gasteiger partial charge in [-0.1, -0.05) is 44.2 Å². The Morgan fingerprint density at radius 1 is 1.06 bits per heavy atom. The Kier molecular flexibility index (Phi) is 7.46. The molecule has 2 amide bonds. The lowest BCUT2D eigenvalue weighted by atomic mass is 9.98. The molecule has 0 radical (unpaired) electrons. The number of benzene rings is 2. The second kappa shape index (κ2) is 10.1. The van der Waals surface area contributed by atoms with Gasteiger partial charge in [-0.25, -0.2) is 8.42 Å². The maximum absolute atomic E-state index is 13.0. The van der Waals surface area contributed by atoms with Crippen molar-refractivity contribution in [1.82, 2.24) is 9.62 Å². The molecule has 0 aromatic heterocycles. The third-order valence-corrected chi connectivity index (χ3v) is 7.12. The van der Waals surface area contributed by atoms with Crippen molar-refractivity contribution in [3.05, 3.63) is 60.2 Å². The van der Waals surface area contributed by atoms with Crippen LogP contribution >= 0.6 is 0 Å². The van der Waals surface area contributed by atoms with Crippen molar-refractivity contribution in [3.8, 4) is 0 Å². The Morgan fingerprint density at radius 3 is 2.45 bits per heavy atom. The van der Waals surface area contributed by atoms with E-state index in [0.717, 1.165) is 0 Å². The first-order chi connectivity index (χ1) is 14.8. The van der Waals surface area contributed by atoms with Gasteiger partial charge in [0, 0.05) is 19.6 Å². The van der Waals surface area contributed by atoms with Crippen LogP contribution in [0.5, 0.6) is 0 Å².